The number of anilines is 3. The van der Waals surface area contributed by atoms with Gasteiger partial charge >= 0.3 is 0 Å². The summed E-state index contributed by atoms with van der Waals surface area (Å²) in [6.07, 6.45) is 2.20. The van der Waals surface area contributed by atoms with Gasteiger partial charge in [0, 0.05) is 19.6 Å². The predicted octanol–water partition coefficient (Wildman–Crippen LogP) is 0.757. The highest BCUT2D eigenvalue weighted by atomic mass is 15.4. The van der Waals surface area contributed by atoms with Gasteiger partial charge < -0.3 is 15.1 Å². The molecule has 1 rings (SSSR count). The molecule has 0 unspecified atom stereocenters. The molecule has 8 nitrogen and oxygen atoms in total. The van der Waals surface area contributed by atoms with E-state index in [0.717, 1.165) is 39.0 Å². The van der Waals surface area contributed by atoms with E-state index < -0.39 is 0 Å². The Labute approximate surface area is 127 Å². The van der Waals surface area contributed by atoms with Crippen LogP contribution in [0.25, 0.3) is 0 Å². The Hall–Kier alpha value is -1.67. The highest BCUT2D eigenvalue weighted by molar-refractivity contribution is 5.43. The monoisotopic (exact) mass is 296 g/mol. The molecular formula is C13H28N8. The number of aromatic nitrogens is 3. The average molecular weight is 296 g/mol. The summed E-state index contributed by atoms with van der Waals surface area (Å²) in [5.41, 5.74) is 2.49. The second kappa shape index (κ2) is 9.30. The quantitative estimate of drug-likeness (QED) is 0.331. The second-order valence-corrected chi connectivity index (χ2v) is 5.04. The van der Waals surface area contributed by atoms with E-state index in [1.165, 1.54) is 0 Å². The van der Waals surface area contributed by atoms with E-state index in [1.54, 1.807) is 0 Å². The van der Waals surface area contributed by atoms with Gasteiger partial charge in [-0.2, -0.15) is 15.0 Å². The smallest absolute Gasteiger partial charge is 0.243 e. The van der Waals surface area contributed by atoms with E-state index in [-0.39, 0.29) is 0 Å². The lowest BCUT2D eigenvalue weighted by molar-refractivity contribution is 0.396. The van der Waals surface area contributed by atoms with E-state index in [2.05, 4.69) is 63.4 Å². The predicted molar refractivity (Wildman–Crippen MR) is 87.5 cm³/mol. The summed E-state index contributed by atoms with van der Waals surface area (Å²) >= 11 is 0. The molecule has 0 aliphatic rings. The fourth-order valence-electron chi connectivity index (χ4n) is 1.91. The van der Waals surface area contributed by atoms with Crippen LogP contribution in [0.4, 0.5) is 17.8 Å². The van der Waals surface area contributed by atoms with Gasteiger partial charge in [-0.3, -0.25) is 5.43 Å². The maximum atomic E-state index is 5.43. The normalized spacial score (nSPS) is 10.8. The van der Waals surface area contributed by atoms with Crippen molar-refractivity contribution in [3.05, 3.63) is 0 Å². The van der Waals surface area contributed by atoms with Crippen LogP contribution in [-0.2, 0) is 0 Å². The number of hydrogen-bond acceptors (Lipinski definition) is 8. The molecule has 1 aromatic rings. The van der Waals surface area contributed by atoms with Crippen molar-refractivity contribution >= 4 is 17.8 Å². The van der Waals surface area contributed by atoms with Gasteiger partial charge in [0.25, 0.3) is 0 Å². The first-order chi connectivity index (χ1) is 10.1. The molecule has 0 atom stereocenters. The molecule has 0 bridgehead atoms. The van der Waals surface area contributed by atoms with Gasteiger partial charge in [0.2, 0.25) is 17.8 Å². The van der Waals surface area contributed by atoms with Gasteiger partial charge in [0.15, 0.2) is 0 Å². The van der Waals surface area contributed by atoms with Crippen molar-refractivity contribution in [3.8, 4) is 0 Å². The number of nitrogens with two attached hydrogens (primary N) is 1. The Morgan fingerprint density at radius 3 is 2.24 bits per heavy atom. The summed E-state index contributed by atoms with van der Waals surface area (Å²) in [6.45, 7) is 7.73. The number of nitrogens with one attached hydrogen (secondary N) is 2. The van der Waals surface area contributed by atoms with Crippen LogP contribution in [-0.4, -0.2) is 60.1 Å². The summed E-state index contributed by atoms with van der Waals surface area (Å²) in [7, 11) is 4.16. The number of hydrazine groups is 1. The van der Waals surface area contributed by atoms with Crippen LogP contribution >= 0.6 is 0 Å². The van der Waals surface area contributed by atoms with Crippen molar-refractivity contribution in [3.63, 3.8) is 0 Å². The third-order valence-electron chi connectivity index (χ3n) is 3.11. The van der Waals surface area contributed by atoms with Crippen molar-refractivity contribution in [1.29, 1.82) is 0 Å². The molecule has 0 saturated carbocycles. The maximum Gasteiger partial charge on any atom is 0.243 e. The Balaban J connectivity index is 2.62. The molecule has 4 N–H and O–H groups in total. The molecule has 21 heavy (non-hydrogen) atoms. The zero-order chi connectivity index (χ0) is 15.7. The summed E-state index contributed by atoms with van der Waals surface area (Å²) in [6, 6.07) is 0. The average Bonchev–Trinajstić information content (AvgIpc) is 2.47. The van der Waals surface area contributed by atoms with Crippen LogP contribution in [0.2, 0.25) is 0 Å². The fraction of sp³-hybridized carbons (Fsp3) is 0.769. The lowest BCUT2D eigenvalue weighted by atomic mass is 10.3. The standard InChI is InChI=1S/C13H28N8/c1-5-21(6-2)13-17-11(16-12(18-13)19-14)15-9-7-8-10-20(3)4/h5-10,14H2,1-4H3,(H2,15,16,17,18,19). The summed E-state index contributed by atoms with van der Waals surface area (Å²) < 4.78 is 0. The van der Waals surface area contributed by atoms with Gasteiger partial charge in [-0.05, 0) is 47.3 Å². The maximum absolute atomic E-state index is 5.43. The zero-order valence-corrected chi connectivity index (χ0v) is 13.6. The molecule has 1 heterocycles. The number of rotatable bonds is 10. The molecule has 8 heteroatoms. The molecule has 0 spiro atoms. The van der Waals surface area contributed by atoms with Crippen molar-refractivity contribution in [2.45, 2.75) is 26.7 Å². The zero-order valence-electron chi connectivity index (χ0n) is 13.6. The first-order valence-electron chi connectivity index (χ1n) is 7.46. The first-order valence-corrected chi connectivity index (χ1v) is 7.46. The second-order valence-electron chi connectivity index (χ2n) is 5.04. The third kappa shape index (κ3) is 6.09. The van der Waals surface area contributed by atoms with E-state index in [1.807, 2.05) is 0 Å². The number of nitrogen functional groups attached to an aromatic ring is 1. The Morgan fingerprint density at radius 2 is 1.67 bits per heavy atom. The van der Waals surface area contributed by atoms with Crippen molar-refractivity contribution in [1.82, 2.24) is 19.9 Å². The topological polar surface area (TPSA) is 95.2 Å². The van der Waals surface area contributed by atoms with Crippen molar-refractivity contribution in [2.24, 2.45) is 5.84 Å². The minimum atomic E-state index is 0.377. The van der Waals surface area contributed by atoms with Crippen LogP contribution < -0.4 is 21.5 Å². The molecule has 0 aliphatic heterocycles. The van der Waals surface area contributed by atoms with Gasteiger partial charge in [-0.25, -0.2) is 5.84 Å². The van der Waals surface area contributed by atoms with E-state index in [4.69, 9.17) is 5.84 Å². The molecule has 0 amide bonds. The summed E-state index contributed by atoms with van der Waals surface area (Å²) in [4.78, 5) is 17.2. The highest BCUT2D eigenvalue weighted by Crippen LogP contribution is 2.12. The molecule has 0 saturated heterocycles. The van der Waals surface area contributed by atoms with Gasteiger partial charge in [-0.15, -0.1) is 0 Å². The molecule has 0 aromatic carbocycles. The van der Waals surface area contributed by atoms with E-state index >= 15 is 0 Å². The third-order valence-corrected chi connectivity index (χ3v) is 3.11. The number of unbranched alkanes of at least 4 members (excludes halogenated alkanes) is 1. The molecule has 0 radical (unpaired) electrons. The van der Waals surface area contributed by atoms with E-state index in [9.17, 15) is 0 Å². The van der Waals surface area contributed by atoms with Gasteiger partial charge in [0.05, 0.1) is 0 Å². The van der Waals surface area contributed by atoms with Crippen molar-refractivity contribution < 1.29 is 0 Å². The minimum absolute atomic E-state index is 0.377. The Bertz CT molecular complexity index is 405. The Kier molecular flexibility index (Phi) is 7.70. The largest absolute Gasteiger partial charge is 0.354 e. The van der Waals surface area contributed by atoms with E-state index in [0.29, 0.717) is 17.8 Å². The summed E-state index contributed by atoms with van der Waals surface area (Å²) in [5.74, 6) is 7.00. The number of nitrogens with zero attached hydrogens (tertiary/aromatic N) is 5. The number of hydrogen-bond donors (Lipinski definition) is 3. The van der Waals surface area contributed by atoms with Crippen molar-refractivity contribution in [2.75, 3.05) is 55.9 Å². The Morgan fingerprint density at radius 1 is 1.00 bits per heavy atom. The highest BCUT2D eigenvalue weighted by Gasteiger charge is 2.10. The first kappa shape index (κ1) is 17.4. The summed E-state index contributed by atoms with van der Waals surface area (Å²) in [5, 5.41) is 3.23. The minimum Gasteiger partial charge on any atom is -0.354 e. The van der Waals surface area contributed by atoms with Crippen LogP contribution in [0.15, 0.2) is 0 Å². The molecule has 0 aliphatic carbocycles. The van der Waals surface area contributed by atoms with Crippen LogP contribution in [0, 0.1) is 0 Å². The lowest BCUT2D eigenvalue weighted by Crippen LogP contribution is -2.26. The molecular weight excluding hydrogens is 268 g/mol. The SMILES string of the molecule is CCN(CC)c1nc(NN)nc(NCCCCN(C)C)n1. The van der Waals surface area contributed by atoms with Crippen LogP contribution in [0.1, 0.15) is 26.7 Å². The molecule has 120 valence electrons. The van der Waals surface area contributed by atoms with Gasteiger partial charge in [-0.1, -0.05) is 0 Å². The van der Waals surface area contributed by atoms with Crippen LogP contribution in [0.3, 0.4) is 0 Å². The lowest BCUT2D eigenvalue weighted by Gasteiger charge is -2.19. The fourth-order valence-corrected chi connectivity index (χ4v) is 1.91. The molecule has 0 fully saturated rings. The van der Waals surface area contributed by atoms with Gasteiger partial charge in [0.1, 0.15) is 0 Å². The van der Waals surface area contributed by atoms with Crippen LogP contribution in [0.5, 0.6) is 0 Å². The molecule has 1 aromatic heterocycles.